The van der Waals surface area contributed by atoms with Gasteiger partial charge in [-0.1, -0.05) is 41.4 Å². The zero-order chi connectivity index (χ0) is 19.1. The van der Waals surface area contributed by atoms with Crippen LogP contribution < -0.4 is 14.8 Å². The highest BCUT2D eigenvalue weighted by Gasteiger charge is 2.11. The van der Waals surface area contributed by atoms with Crippen molar-refractivity contribution in [2.75, 3.05) is 27.8 Å². The minimum absolute atomic E-state index is 0.0829. The highest BCUT2D eigenvalue weighted by molar-refractivity contribution is 6.42. The van der Waals surface area contributed by atoms with Crippen molar-refractivity contribution in [1.82, 2.24) is 10.2 Å². The van der Waals surface area contributed by atoms with E-state index in [9.17, 15) is 4.79 Å². The summed E-state index contributed by atoms with van der Waals surface area (Å²) in [5.41, 5.74) is 1.81. The van der Waals surface area contributed by atoms with Crippen molar-refractivity contribution in [1.29, 1.82) is 0 Å². The van der Waals surface area contributed by atoms with Gasteiger partial charge in [0.15, 0.2) is 11.5 Å². The summed E-state index contributed by atoms with van der Waals surface area (Å²) in [6.07, 6.45) is 0. The van der Waals surface area contributed by atoms with E-state index in [1.54, 1.807) is 20.3 Å². The zero-order valence-electron chi connectivity index (χ0n) is 15.0. The molecule has 1 amide bonds. The van der Waals surface area contributed by atoms with Gasteiger partial charge in [0, 0.05) is 13.1 Å². The van der Waals surface area contributed by atoms with Crippen LogP contribution in [0.1, 0.15) is 11.1 Å². The Labute approximate surface area is 163 Å². The fraction of sp³-hybridized carbons (Fsp3) is 0.316. The molecule has 0 atom stereocenters. The van der Waals surface area contributed by atoms with Crippen LogP contribution in [0.5, 0.6) is 11.5 Å². The van der Waals surface area contributed by atoms with Crippen molar-refractivity contribution >= 4 is 29.1 Å². The van der Waals surface area contributed by atoms with Gasteiger partial charge < -0.3 is 14.8 Å². The number of nitrogens with zero attached hydrogens (tertiary/aromatic N) is 1. The molecule has 0 fully saturated rings. The second-order valence-electron chi connectivity index (χ2n) is 5.85. The van der Waals surface area contributed by atoms with Crippen molar-refractivity contribution in [2.45, 2.75) is 13.1 Å². The fourth-order valence-electron chi connectivity index (χ4n) is 2.51. The summed E-state index contributed by atoms with van der Waals surface area (Å²) in [6, 6.07) is 11.0. The SMILES string of the molecule is COc1ccc(CNC(=O)CN(C)Cc2cccc(Cl)c2Cl)cc1OC. The van der Waals surface area contributed by atoms with Crippen LogP contribution in [0.3, 0.4) is 0 Å². The van der Waals surface area contributed by atoms with E-state index < -0.39 is 0 Å². The van der Waals surface area contributed by atoms with E-state index in [-0.39, 0.29) is 12.5 Å². The van der Waals surface area contributed by atoms with Crippen molar-refractivity contribution in [3.63, 3.8) is 0 Å². The van der Waals surface area contributed by atoms with Gasteiger partial charge in [-0.15, -0.1) is 0 Å². The smallest absolute Gasteiger partial charge is 0.234 e. The maximum atomic E-state index is 12.2. The molecule has 0 unspecified atom stereocenters. The molecule has 0 aliphatic rings. The normalized spacial score (nSPS) is 10.7. The maximum Gasteiger partial charge on any atom is 0.234 e. The standard InChI is InChI=1S/C19H22Cl2N2O3/c1-23(11-14-5-4-6-15(20)19(14)21)12-18(24)22-10-13-7-8-16(25-2)17(9-13)26-3/h4-9H,10-12H2,1-3H3,(H,22,24). The summed E-state index contributed by atoms with van der Waals surface area (Å²) in [6.45, 7) is 1.18. The van der Waals surface area contributed by atoms with E-state index in [4.69, 9.17) is 32.7 Å². The molecular weight excluding hydrogens is 375 g/mol. The molecule has 1 N–H and O–H groups in total. The average Bonchev–Trinajstić information content (AvgIpc) is 2.63. The average molecular weight is 397 g/mol. The number of benzene rings is 2. The van der Waals surface area contributed by atoms with Gasteiger partial charge in [0.2, 0.25) is 5.91 Å². The number of methoxy groups -OCH3 is 2. The minimum atomic E-state index is -0.0829. The Hall–Kier alpha value is -1.95. The molecule has 0 saturated heterocycles. The van der Waals surface area contributed by atoms with Crippen LogP contribution in [0.15, 0.2) is 36.4 Å². The molecule has 140 valence electrons. The highest BCUT2D eigenvalue weighted by Crippen LogP contribution is 2.27. The molecular formula is C19H22Cl2N2O3. The topological polar surface area (TPSA) is 50.8 Å². The summed E-state index contributed by atoms with van der Waals surface area (Å²) in [7, 11) is 5.02. The number of hydrogen-bond donors (Lipinski definition) is 1. The van der Waals surface area contributed by atoms with E-state index in [1.807, 2.05) is 42.3 Å². The van der Waals surface area contributed by atoms with Crippen LogP contribution in [0.2, 0.25) is 10.0 Å². The van der Waals surface area contributed by atoms with Crippen molar-refractivity contribution < 1.29 is 14.3 Å². The maximum absolute atomic E-state index is 12.2. The number of hydrogen-bond acceptors (Lipinski definition) is 4. The monoisotopic (exact) mass is 396 g/mol. The Morgan fingerprint density at radius 1 is 1.12 bits per heavy atom. The van der Waals surface area contributed by atoms with Crippen LogP contribution in [0.25, 0.3) is 0 Å². The second kappa shape index (κ2) is 9.67. The lowest BCUT2D eigenvalue weighted by Crippen LogP contribution is -2.34. The number of amides is 1. The highest BCUT2D eigenvalue weighted by atomic mass is 35.5. The first-order chi connectivity index (χ1) is 12.4. The summed E-state index contributed by atoms with van der Waals surface area (Å²) < 4.78 is 10.5. The quantitative estimate of drug-likeness (QED) is 0.737. The van der Waals surface area contributed by atoms with E-state index in [0.717, 1.165) is 11.1 Å². The minimum Gasteiger partial charge on any atom is -0.493 e. The van der Waals surface area contributed by atoms with Gasteiger partial charge in [0.25, 0.3) is 0 Å². The fourth-order valence-corrected chi connectivity index (χ4v) is 2.89. The van der Waals surface area contributed by atoms with Crippen molar-refractivity contribution in [2.24, 2.45) is 0 Å². The molecule has 0 radical (unpaired) electrons. The molecule has 2 aromatic carbocycles. The lowest BCUT2D eigenvalue weighted by Gasteiger charge is -2.17. The number of halogens is 2. The molecule has 0 saturated carbocycles. The lowest BCUT2D eigenvalue weighted by molar-refractivity contribution is -0.122. The molecule has 2 aromatic rings. The Balaban J connectivity index is 1.87. The summed E-state index contributed by atoms with van der Waals surface area (Å²) in [4.78, 5) is 14.1. The second-order valence-corrected chi connectivity index (χ2v) is 6.64. The lowest BCUT2D eigenvalue weighted by atomic mass is 10.2. The largest absolute Gasteiger partial charge is 0.493 e. The van der Waals surface area contributed by atoms with Crippen LogP contribution in [0, 0.1) is 0 Å². The van der Waals surface area contributed by atoms with Crippen LogP contribution in [0.4, 0.5) is 0 Å². The van der Waals surface area contributed by atoms with Gasteiger partial charge in [0.1, 0.15) is 0 Å². The Morgan fingerprint density at radius 3 is 2.54 bits per heavy atom. The summed E-state index contributed by atoms with van der Waals surface area (Å²) >= 11 is 12.2. The number of likely N-dealkylation sites (N-methyl/N-ethyl adjacent to an activating group) is 1. The van der Waals surface area contributed by atoms with Gasteiger partial charge in [-0.3, -0.25) is 9.69 Å². The number of rotatable bonds is 8. The molecule has 0 aliphatic carbocycles. The molecule has 0 heterocycles. The molecule has 0 bridgehead atoms. The van der Waals surface area contributed by atoms with Gasteiger partial charge in [-0.2, -0.15) is 0 Å². The van der Waals surface area contributed by atoms with Gasteiger partial charge >= 0.3 is 0 Å². The number of ether oxygens (including phenoxy) is 2. The van der Waals surface area contributed by atoms with Crippen LogP contribution >= 0.6 is 23.2 Å². The molecule has 0 spiro atoms. The van der Waals surface area contributed by atoms with Crippen molar-refractivity contribution in [3.8, 4) is 11.5 Å². The van der Waals surface area contributed by atoms with Gasteiger partial charge in [0.05, 0.1) is 30.8 Å². The summed E-state index contributed by atoms with van der Waals surface area (Å²) in [5.74, 6) is 1.20. The third kappa shape index (κ3) is 5.53. The zero-order valence-corrected chi connectivity index (χ0v) is 16.5. The number of carbonyl (C=O) groups excluding carboxylic acids is 1. The first-order valence-corrected chi connectivity index (χ1v) is 8.79. The number of nitrogens with one attached hydrogen (secondary N) is 1. The molecule has 5 nitrogen and oxygen atoms in total. The van der Waals surface area contributed by atoms with Crippen LogP contribution in [-0.4, -0.2) is 38.6 Å². The van der Waals surface area contributed by atoms with E-state index in [2.05, 4.69) is 5.32 Å². The van der Waals surface area contributed by atoms with Crippen LogP contribution in [-0.2, 0) is 17.9 Å². The predicted molar refractivity (Wildman–Crippen MR) is 104 cm³/mol. The first kappa shape index (κ1) is 20.4. The Morgan fingerprint density at radius 2 is 1.85 bits per heavy atom. The molecule has 7 heteroatoms. The molecule has 2 rings (SSSR count). The Bertz CT molecular complexity index is 768. The van der Waals surface area contributed by atoms with E-state index >= 15 is 0 Å². The van der Waals surface area contributed by atoms with E-state index in [0.29, 0.717) is 34.6 Å². The molecule has 0 aliphatic heterocycles. The predicted octanol–water partition coefficient (Wildman–Crippen LogP) is 3.76. The Kier molecular flexibility index (Phi) is 7.57. The third-order valence-corrected chi connectivity index (χ3v) is 4.68. The molecule has 26 heavy (non-hydrogen) atoms. The van der Waals surface area contributed by atoms with E-state index in [1.165, 1.54) is 0 Å². The first-order valence-electron chi connectivity index (χ1n) is 8.03. The van der Waals surface area contributed by atoms with Gasteiger partial charge in [-0.05, 0) is 36.4 Å². The molecule has 0 aromatic heterocycles. The number of carbonyl (C=O) groups is 1. The van der Waals surface area contributed by atoms with Crippen molar-refractivity contribution in [3.05, 3.63) is 57.6 Å². The summed E-state index contributed by atoms with van der Waals surface area (Å²) in [5, 5.41) is 3.92. The van der Waals surface area contributed by atoms with Gasteiger partial charge in [-0.25, -0.2) is 0 Å². The third-order valence-electron chi connectivity index (χ3n) is 3.82.